The van der Waals surface area contributed by atoms with Crippen LogP contribution in [0.3, 0.4) is 0 Å². The highest BCUT2D eigenvalue weighted by atomic mass is 16.5. The summed E-state index contributed by atoms with van der Waals surface area (Å²) in [4.78, 5) is 48.0. The summed E-state index contributed by atoms with van der Waals surface area (Å²) >= 11 is 0. The van der Waals surface area contributed by atoms with Crippen LogP contribution in [0.2, 0.25) is 0 Å². The molecule has 0 fully saturated rings. The second-order valence-electron chi connectivity index (χ2n) is 12.2. The number of nitrogens with zero attached hydrogens (tertiary/aromatic N) is 2. The molecule has 5 rings (SSSR count). The highest BCUT2D eigenvalue weighted by Gasteiger charge is 2.37. The Hall–Kier alpha value is -5.30. The Morgan fingerprint density at radius 1 is 0.894 bits per heavy atom. The molecule has 0 saturated heterocycles. The third-order valence-corrected chi connectivity index (χ3v) is 8.24. The number of aliphatic imine (C=N–C) groups is 1. The summed E-state index contributed by atoms with van der Waals surface area (Å²) in [7, 11) is 0. The van der Waals surface area contributed by atoms with Crippen molar-refractivity contribution in [2.75, 3.05) is 4.90 Å². The molecule has 1 aliphatic rings. The van der Waals surface area contributed by atoms with Crippen LogP contribution in [-0.4, -0.2) is 29.5 Å². The SMILES string of the molecule is C=CC[C@H](C(C)=O)[C@@H](CC(C)C)C(=O)NC1N=C(c2ccccc2)c2ccccc2N(Cc2cccc(Oc3ccccc3)c2)C1=O. The van der Waals surface area contributed by atoms with Crippen molar-refractivity contribution in [3.8, 4) is 11.5 Å². The summed E-state index contributed by atoms with van der Waals surface area (Å²) in [6.07, 6.45) is 1.30. The lowest BCUT2D eigenvalue weighted by molar-refractivity contribution is -0.135. The van der Waals surface area contributed by atoms with E-state index >= 15 is 0 Å². The number of nitrogens with one attached hydrogen (secondary N) is 1. The van der Waals surface area contributed by atoms with Crippen molar-refractivity contribution in [1.29, 1.82) is 0 Å². The normalized spacial score (nSPS) is 15.6. The number of hydrogen-bond donors (Lipinski definition) is 1. The molecule has 0 spiro atoms. The van der Waals surface area contributed by atoms with Gasteiger partial charge in [0.05, 0.1) is 17.9 Å². The fourth-order valence-electron chi connectivity index (χ4n) is 6.02. The summed E-state index contributed by atoms with van der Waals surface area (Å²) in [5.41, 5.74) is 3.71. The Labute approximate surface area is 277 Å². The van der Waals surface area contributed by atoms with Crippen LogP contribution in [0, 0.1) is 17.8 Å². The lowest BCUT2D eigenvalue weighted by Gasteiger charge is -2.29. The quantitative estimate of drug-likeness (QED) is 0.154. The number of para-hydroxylation sites is 2. The molecule has 240 valence electrons. The topological polar surface area (TPSA) is 88.1 Å². The second-order valence-corrected chi connectivity index (χ2v) is 12.2. The molecule has 1 unspecified atom stereocenters. The fraction of sp³-hybridized carbons (Fsp3) is 0.250. The number of rotatable bonds is 13. The first-order valence-electron chi connectivity index (χ1n) is 16.0. The van der Waals surface area contributed by atoms with Gasteiger partial charge in [-0.05, 0) is 61.6 Å². The van der Waals surface area contributed by atoms with Gasteiger partial charge >= 0.3 is 0 Å². The van der Waals surface area contributed by atoms with E-state index in [0.717, 1.165) is 16.7 Å². The maximum absolute atomic E-state index is 14.6. The highest BCUT2D eigenvalue weighted by molar-refractivity contribution is 6.20. The molecule has 0 aromatic heterocycles. The second kappa shape index (κ2) is 15.3. The van der Waals surface area contributed by atoms with Crippen LogP contribution < -0.4 is 15.0 Å². The number of amides is 2. The van der Waals surface area contributed by atoms with Gasteiger partial charge in [0.25, 0.3) is 5.91 Å². The van der Waals surface area contributed by atoms with Gasteiger partial charge in [-0.25, -0.2) is 4.99 Å². The number of carbonyl (C=O) groups is 3. The van der Waals surface area contributed by atoms with E-state index in [-0.39, 0.29) is 30.1 Å². The first kappa shape index (κ1) is 33.1. The molecular formula is C40H41N3O4. The summed E-state index contributed by atoms with van der Waals surface area (Å²) in [6, 6.07) is 34.4. The fourth-order valence-corrected chi connectivity index (χ4v) is 6.02. The van der Waals surface area contributed by atoms with Crippen LogP contribution in [0.25, 0.3) is 0 Å². The van der Waals surface area contributed by atoms with Crippen LogP contribution >= 0.6 is 0 Å². The zero-order valence-corrected chi connectivity index (χ0v) is 27.1. The molecule has 1 aliphatic heterocycles. The van der Waals surface area contributed by atoms with Gasteiger partial charge in [0.1, 0.15) is 17.3 Å². The van der Waals surface area contributed by atoms with Crippen molar-refractivity contribution in [2.24, 2.45) is 22.7 Å². The molecule has 0 bridgehead atoms. The predicted molar refractivity (Wildman–Crippen MR) is 187 cm³/mol. The van der Waals surface area contributed by atoms with Gasteiger partial charge in [-0.15, -0.1) is 6.58 Å². The van der Waals surface area contributed by atoms with Gasteiger partial charge in [0.15, 0.2) is 0 Å². The smallest absolute Gasteiger partial charge is 0.272 e. The largest absolute Gasteiger partial charge is 0.457 e. The number of Topliss-reactive ketones (excluding diaryl/α,β-unsaturated/α-hetero) is 1. The van der Waals surface area contributed by atoms with E-state index in [2.05, 4.69) is 11.9 Å². The van der Waals surface area contributed by atoms with Gasteiger partial charge < -0.3 is 15.0 Å². The molecule has 4 aromatic rings. The summed E-state index contributed by atoms with van der Waals surface area (Å²) < 4.78 is 6.08. The van der Waals surface area contributed by atoms with E-state index in [0.29, 0.717) is 35.7 Å². The molecule has 7 heteroatoms. The number of benzene rings is 4. The molecule has 0 radical (unpaired) electrons. The molecule has 7 nitrogen and oxygen atoms in total. The van der Waals surface area contributed by atoms with Crippen LogP contribution in [0.4, 0.5) is 5.69 Å². The van der Waals surface area contributed by atoms with E-state index in [1.54, 1.807) is 11.0 Å². The van der Waals surface area contributed by atoms with Gasteiger partial charge in [0, 0.05) is 23.0 Å². The lowest BCUT2D eigenvalue weighted by Crippen LogP contribution is -2.50. The molecule has 0 aliphatic carbocycles. The molecule has 2 amide bonds. The Kier molecular flexibility index (Phi) is 10.8. The van der Waals surface area contributed by atoms with Gasteiger partial charge in [-0.3, -0.25) is 14.4 Å². The van der Waals surface area contributed by atoms with E-state index in [4.69, 9.17) is 9.73 Å². The summed E-state index contributed by atoms with van der Waals surface area (Å²) in [5, 5.41) is 2.97. The predicted octanol–water partition coefficient (Wildman–Crippen LogP) is 7.75. The van der Waals surface area contributed by atoms with Crippen molar-refractivity contribution in [3.05, 3.63) is 139 Å². The Balaban J connectivity index is 1.55. The number of anilines is 1. The first-order chi connectivity index (χ1) is 22.7. The Bertz CT molecular complexity index is 1750. The van der Waals surface area contributed by atoms with E-state index in [1.165, 1.54) is 6.92 Å². The summed E-state index contributed by atoms with van der Waals surface area (Å²) in [6.45, 7) is 9.57. The number of allylic oxidation sites excluding steroid dienone is 1. The molecule has 47 heavy (non-hydrogen) atoms. The number of ketones is 1. The lowest BCUT2D eigenvalue weighted by atomic mass is 9.80. The number of benzodiazepines with no additional fused rings is 1. The maximum atomic E-state index is 14.6. The summed E-state index contributed by atoms with van der Waals surface area (Å²) in [5.74, 6) is -0.523. The molecule has 1 heterocycles. The minimum Gasteiger partial charge on any atom is -0.457 e. The minimum atomic E-state index is -1.22. The minimum absolute atomic E-state index is 0.0852. The van der Waals surface area contributed by atoms with E-state index < -0.39 is 18.0 Å². The molecule has 0 saturated carbocycles. The van der Waals surface area contributed by atoms with Crippen molar-refractivity contribution in [3.63, 3.8) is 0 Å². The zero-order chi connectivity index (χ0) is 33.3. The van der Waals surface area contributed by atoms with Crippen molar-refractivity contribution in [2.45, 2.75) is 46.3 Å². The molecule has 3 atom stereocenters. The standard InChI is InChI=1S/C40H41N3O4/c1-5-15-33(28(4)44)35(24-27(2)3)39(45)42-38-40(46)43(26-29-16-14-21-32(25-29)47-31-19-10-7-11-20-31)36-23-13-12-22-34(36)37(41-38)30-17-8-6-9-18-30/h5-14,16-23,25,27,33,35,38H,1,15,24,26H2,2-4H3,(H,42,45)/t33-,35-,38?/m1/s1. The van der Waals surface area contributed by atoms with Crippen LogP contribution in [0.15, 0.2) is 127 Å². The first-order valence-corrected chi connectivity index (χ1v) is 16.0. The third kappa shape index (κ3) is 8.11. The Morgan fingerprint density at radius 2 is 1.55 bits per heavy atom. The van der Waals surface area contributed by atoms with Crippen LogP contribution in [0.1, 0.15) is 50.3 Å². The van der Waals surface area contributed by atoms with E-state index in [1.807, 2.05) is 123 Å². The van der Waals surface area contributed by atoms with Gasteiger partial charge in [-0.2, -0.15) is 0 Å². The monoisotopic (exact) mass is 627 g/mol. The number of hydrogen-bond acceptors (Lipinski definition) is 5. The molecular weight excluding hydrogens is 586 g/mol. The highest BCUT2D eigenvalue weighted by Crippen LogP contribution is 2.32. The van der Waals surface area contributed by atoms with Crippen molar-refractivity contribution >= 4 is 29.0 Å². The third-order valence-electron chi connectivity index (χ3n) is 8.24. The zero-order valence-electron chi connectivity index (χ0n) is 27.1. The Morgan fingerprint density at radius 3 is 2.23 bits per heavy atom. The van der Waals surface area contributed by atoms with Crippen LogP contribution in [0.5, 0.6) is 11.5 Å². The van der Waals surface area contributed by atoms with E-state index in [9.17, 15) is 14.4 Å². The van der Waals surface area contributed by atoms with Crippen LogP contribution in [-0.2, 0) is 20.9 Å². The average Bonchev–Trinajstić information content (AvgIpc) is 3.18. The average molecular weight is 628 g/mol. The number of fused-ring (bicyclic) bond motifs is 1. The molecule has 4 aromatic carbocycles. The van der Waals surface area contributed by atoms with Crippen molar-refractivity contribution in [1.82, 2.24) is 5.32 Å². The maximum Gasteiger partial charge on any atom is 0.272 e. The molecule has 1 N–H and O–H groups in total. The van der Waals surface area contributed by atoms with Gasteiger partial charge in [-0.1, -0.05) is 98.8 Å². The number of ether oxygens (including phenoxy) is 1. The van der Waals surface area contributed by atoms with Crippen molar-refractivity contribution < 1.29 is 19.1 Å². The number of carbonyl (C=O) groups excluding carboxylic acids is 3. The van der Waals surface area contributed by atoms with Gasteiger partial charge in [0.2, 0.25) is 12.1 Å².